The van der Waals surface area contributed by atoms with E-state index in [1.165, 1.54) is 0 Å². The van der Waals surface area contributed by atoms with E-state index in [0.717, 1.165) is 26.1 Å². The van der Waals surface area contributed by atoms with Gasteiger partial charge in [0.25, 0.3) is 0 Å². The Balaban J connectivity index is 2.19. The van der Waals surface area contributed by atoms with Crippen molar-refractivity contribution in [1.82, 2.24) is 5.32 Å². The normalized spacial score (nSPS) is 19.5. The average molecular weight is 244 g/mol. The molecule has 1 rings (SSSR count). The molecular formula is C12H24N2O3. The van der Waals surface area contributed by atoms with Crippen molar-refractivity contribution in [3.8, 4) is 0 Å². The molecule has 0 spiro atoms. The van der Waals surface area contributed by atoms with E-state index in [-0.39, 0.29) is 24.1 Å². The molecule has 0 radical (unpaired) electrons. The lowest BCUT2D eigenvalue weighted by atomic mass is 10.1. The van der Waals surface area contributed by atoms with Crippen LogP contribution in [-0.2, 0) is 14.3 Å². The van der Waals surface area contributed by atoms with E-state index in [1.54, 1.807) is 0 Å². The number of hydrogen-bond acceptors (Lipinski definition) is 4. The van der Waals surface area contributed by atoms with E-state index in [2.05, 4.69) is 5.32 Å². The summed E-state index contributed by atoms with van der Waals surface area (Å²) in [7, 11) is 0. The maximum Gasteiger partial charge on any atom is 0.234 e. The molecule has 0 aliphatic carbocycles. The minimum atomic E-state index is -0.311. The summed E-state index contributed by atoms with van der Waals surface area (Å²) in [6.45, 7) is 6.10. The first-order chi connectivity index (χ1) is 8.09. The lowest BCUT2D eigenvalue weighted by Crippen LogP contribution is -2.45. The van der Waals surface area contributed by atoms with E-state index in [9.17, 15) is 4.79 Å². The Morgan fingerprint density at radius 3 is 2.65 bits per heavy atom. The maximum atomic E-state index is 11.2. The summed E-state index contributed by atoms with van der Waals surface area (Å²) in [5.74, 6) is -0.311. The maximum absolute atomic E-state index is 11.2. The minimum absolute atomic E-state index is 0.246. The molecule has 0 saturated carbocycles. The second-order valence-electron chi connectivity index (χ2n) is 4.75. The zero-order valence-corrected chi connectivity index (χ0v) is 10.8. The summed E-state index contributed by atoms with van der Waals surface area (Å²) < 4.78 is 11.0. The topological polar surface area (TPSA) is 73.6 Å². The Morgan fingerprint density at radius 1 is 1.47 bits per heavy atom. The summed E-state index contributed by atoms with van der Waals surface area (Å²) >= 11 is 0. The molecule has 1 heterocycles. The summed E-state index contributed by atoms with van der Waals surface area (Å²) in [5, 5.41) is 3.14. The summed E-state index contributed by atoms with van der Waals surface area (Å²) in [4.78, 5) is 11.2. The van der Waals surface area contributed by atoms with Gasteiger partial charge in [-0.2, -0.15) is 0 Å². The molecule has 0 bridgehead atoms. The highest BCUT2D eigenvalue weighted by Gasteiger charge is 2.18. The van der Waals surface area contributed by atoms with E-state index in [0.29, 0.717) is 13.0 Å². The number of ether oxygens (including phenoxy) is 2. The van der Waals surface area contributed by atoms with Gasteiger partial charge in [0.05, 0.1) is 12.1 Å². The van der Waals surface area contributed by atoms with Gasteiger partial charge in [-0.1, -0.05) is 13.8 Å². The third-order valence-electron chi connectivity index (χ3n) is 2.81. The molecule has 0 aromatic heterocycles. The van der Waals surface area contributed by atoms with Crippen molar-refractivity contribution in [2.24, 2.45) is 5.73 Å². The smallest absolute Gasteiger partial charge is 0.234 e. The van der Waals surface area contributed by atoms with Crippen molar-refractivity contribution < 1.29 is 14.3 Å². The molecule has 100 valence electrons. The number of nitrogens with one attached hydrogen (secondary N) is 1. The molecule has 1 amide bonds. The lowest BCUT2D eigenvalue weighted by Gasteiger charge is -2.24. The molecule has 1 saturated heterocycles. The highest BCUT2D eigenvalue weighted by molar-refractivity contribution is 5.79. The van der Waals surface area contributed by atoms with Crippen LogP contribution in [0.1, 0.15) is 33.1 Å². The molecule has 5 nitrogen and oxygen atoms in total. The van der Waals surface area contributed by atoms with Crippen LogP contribution in [0, 0.1) is 0 Å². The molecule has 3 N–H and O–H groups in total. The van der Waals surface area contributed by atoms with Crippen LogP contribution in [-0.4, -0.2) is 43.9 Å². The van der Waals surface area contributed by atoms with Gasteiger partial charge in [-0.15, -0.1) is 0 Å². The Kier molecular flexibility index (Phi) is 6.47. The molecule has 1 aliphatic rings. The first-order valence-corrected chi connectivity index (χ1v) is 6.34. The Bertz CT molecular complexity index is 228. The third-order valence-corrected chi connectivity index (χ3v) is 2.81. The molecule has 17 heavy (non-hydrogen) atoms. The molecule has 5 heteroatoms. The van der Waals surface area contributed by atoms with Gasteiger partial charge < -0.3 is 20.5 Å². The minimum Gasteiger partial charge on any atom is -0.381 e. The summed E-state index contributed by atoms with van der Waals surface area (Å²) in [5.41, 5.74) is 5.33. The van der Waals surface area contributed by atoms with Crippen LogP contribution in [0.5, 0.6) is 0 Å². The van der Waals surface area contributed by atoms with E-state index < -0.39 is 0 Å². The molecule has 1 atom stereocenters. The van der Waals surface area contributed by atoms with Crippen molar-refractivity contribution >= 4 is 5.91 Å². The number of amides is 1. The second-order valence-corrected chi connectivity index (χ2v) is 4.75. The van der Waals surface area contributed by atoms with Crippen LogP contribution in [0.15, 0.2) is 0 Å². The number of hydrogen-bond donors (Lipinski definition) is 2. The van der Waals surface area contributed by atoms with Crippen molar-refractivity contribution in [3.63, 3.8) is 0 Å². The van der Waals surface area contributed by atoms with Crippen LogP contribution >= 0.6 is 0 Å². The molecule has 1 fully saturated rings. The fraction of sp³-hybridized carbons (Fsp3) is 0.917. The van der Waals surface area contributed by atoms with Gasteiger partial charge in [-0.25, -0.2) is 0 Å². The first-order valence-electron chi connectivity index (χ1n) is 6.34. The quantitative estimate of drug-likeness (QED) is 0.681. The molecule has 0 aromatic carbocycles. The van der Waals surface area contributed by atoms with Crippen LogP contribution < -0.4 is 11.1 Å². The van der Waals surface area contributed by atoms with Crippen molar-refractivity contribution in [3.05, 3.63) is 0 Å². The molecular weight excluding hydrogens is 220 g/mol. The lowest BCUT2D eigenvalue weighted by molar-refractivity contribution is -0.121. The Labute approximate surface area is 103 Å². The first kappa shape index (κ1) is 14.4. The van der Waals surface area contributed by atoms with E-state index in [4.69, 9.17) is 15.2 Å². The standard InChI is InChI=1S/C12H24N2O3/c1-9(2)14-11(12(13)15)5-8-17-10-3-6-16-7-4-10/h9-11,14H,3-8H2,1-2H3,(H2,13,15). The zero-order chi connectivity index (χ0) is 12.7. The number of carbonyl (C=O) groups excluding carboxylic acids is 1. The Morgan fingerprint density at radius 2 is 2.12 bits per heavy atom. The summed E-state index contributed by atoms with van der Waals surface area (Å²) in [6, 6.07) is -0.0505. The summed E-state index contributed by atoms with van der Waals surface area (Å²) in [6.07, 6.45) is 2.79. The van der Waals surface area contributed by atoms with Crippen LogP contribution in [0.2, 0.25) is 0 Å². The molecule has 0 aromatic rings. The van der Waals surface area contributed by atoms with Gasteiger partial charge in [0, 0.05) is 25.9 Å². The van der Waals surface area contributed by atoms with Crippen LogP contribution in [0.4, 0.5) is 0 Å². The van der Waals surface area contributed by atoms with Gasteiger partial charge in [0.2, 0.25) is 5.91 Å². The fourth-order valence-corrected chi connectivity index (χ4v) is 1.91. The highest BCUT2D eigenvalue weighted by Crippen LogP contribution is 2.11. The highest BCUT2D eigenvalue weighted by atomic mass is 16.5. The third kappa shape index (κ3) is 6.00. The van der Waals surface area contributed by atoms with Gasteiger partial charge in [-0.05, 0) is 19.3 Å². The van der Waals surface area contributed by atoms with Gasteiger partial charge >= 0.3 is 0 Å². The van der Waals surface area contributed by atoms with Crippen molar-refractivity contribution in [2.45, 2.75) is 51.3 Å². The van der Waals surface area contributed by atoms with Crippen molar-refractivity contribution in [2.75, 3.05) is 19.8 Å². The average Bonchev–Trinajstić information content (AvgIpc) is 2.28. The monoisotopic (exact) mass is 244 g/mol. The largest absolute Gasteiger partial charge is 0.381 e. The number of nitrogens with two attached hydrogens (primary N) is 1. The van der Waals surface area contributed by atoms with Gasteiger partial charge in [0.1, 0.15) is 0 Å². The zero-order valence-electron chi connectivity index (χ0n) is 10.8. The number of rotatable bonds is 7. The van der Waals surface area contributed by atoms with Crippen LogP contribution in [0.3, 0.4) is 0 Å². The predicted molar refractivity (Wildman–Crippen MR) is 65.7 cm³/mol. The molecule has 1 unspecified atom stereocenters. The number of primary amides is 1. The number of carbonyl (C=O) groups is 1. The van der Waals surface area contributed by atoms with Crippen LogP contribution in [0.25, 0.3) is 0 Å². The predicted octanol–water partition coefficient (Wildman–Crippen LogP) is 0.424. The molecule has 1 aliphatic heterocycles. The van der Waals surface area contributed by atoms with Gasteiger partial charge in [0.15, 0.2) is 0 Å². The SMILES string of the molecule is CC(C)NC(CCOC1CCOCC1)C(N)=O. The fourth-order valence-electron chi connectivity index (χ4n) is 1.91. The second kappa shape index (κ2) is 7.63. The van der Waals surface area contributed by atoms with Gasteiger partial charge in [-0.3, -0.25) is 4.79 Å². The van der Waals surface area contributed by atoms with E-state index >= 15 is 0 Å². The van der Waals surface area contributed by atoms with Crippen molar-refractivity contribution in [1.29, 1.82) is 0 Å². The van der Waals surface area contributed by atoms with E-state index in [1.807, 2.05) is 13.8 Å². The Hall–Kier alpha value is -0.650.